The van der Waals surface area contributed by atoms with Crippen LogP contribution in [0.15, 0.2) is 77.4 Å². The van der Waals surface area contributed by atoms with Crippen LogP contribution >= 0.6 is 0 Å². The van der Waals surface area contributed by atoms with E-state index in [9.17, 15) is 9.59 Å². The molecule has 1 aliphatic rings. The summed E-state index contributed by atoms with van der Waals surface area (Å²) in [6.45, 7) is 2.47. The van der Waals surface area contributed by atoms with Crippen molar-refractivity contribution < 1.29 is 14.0 Å². The molecule has 1 aliphatic carbocycles. The van der Waals surface area contributed by atoms with Crippen molar-refractivity contribution in [2.75, 3.05) is 6.54 Å². The van der Waals surface area contributed by atoms with Crippen molar-refractivity contribution in [3.8, 4) is 0 Å². The Hall–Kier alpha value is -3.34. The molecule has 4 rings (SSSR count). The van der Waals surface area contributed by atoms with Gasteiger partial charge in [-0.15, -0.1) is 0 Å². The fourth-order valence-electron chi connectivity index (χ4n) is 4.48. The first-order chi connectivity index (χ1) is 15.6. The predicted octanol–water partition coefficient (Wildman–Crippen LogP) is 5.07. The van der Waals surface area contributed by atoms with Crippen LogP contribution in [0.4, 0.5) is 0 Å². The van der Waals surface area contributed by atoms with Crippen molar-refractivity contribution >= 4 is 11.8 Å². The van der Waals surface area contributed by atoms with Gasteiger partial charge in [0.2, 0.25) is 5.91 Å². The molecule has 5 nitrogen and oxygen atoms in total. The monoisotopic (exact) mass is 430 g/mol. The first-order valence-electron chi connectivity index (χ1n) is 11.4. The number of carbonyl (C=O) groups is 2. The zero-order chi connectivity index (χ0) is 22.3. The van der Waals surface area contributed by atoms with Crippen LogP contribution in [-0.2, 0) is 11.2 Å². The molecule has 5 heteroatoms. The number of amides is 2. The van der Waals surface area contributed by atoms with Crippen molar-refractivity contribution in [1.82, 2.24) is 10.2 Å². The second-order valence-corrected chi connectivity index (χ2v) is 8.46. The van der Waals surface area contributed by atoms with Crippen LogP contribution in [0.1, 0.15) is 59.0 Å². The fourth-order valence-corrected chi connectivity index (χ4v) is 4.48. The van der Waals surface area contributed by atoms with E-state index in [2.05, 4.69) is 24.4 Å². The van der Waals surface area contributed by atoms with Crippen molar-refractivity contribution in [2.24, 2.45) is 0 Å². The minimum absolute atomic E-state index is 0.132. The van der Waals surface area contributed by atoms with Crippen LogP contribution in [0.5, 0.6) is 0 Å². The summed E-state index contributed by atoms with van der Waals surface area (Å²) in [5, 5.41) is 3.20. The Balaban J connectivity index is 1.67. The average molecular weight is 431 g/mol. The van der Waals surface area contributed by atoms with Crippen LogP contribution in [-0.4, -0.2) is 29.3 Å². The van der Waals surface area contributed by atoms with Crippen LogP contribution in [0.2, 0.25) is 0 Å². The molecule has 2 aromatic carbocycles. The number of hydrogen-bond acceptors (Lipinski definition) is 3. The molecule has 0 radical (unpaired) electrons. The second kappa shape index (κ2) is 10.3. The van der Waals surface area contributed by atoms with E-state index in [1.807, 2.05) is 42.5 Å². The van der Waals surface area contributed by atoms with Crippen molar-refractivity contribution in [2.45, 2.75) is 51.1 Å². The number of nitrogens with one attached hydrogen (secondary N) is 1. The van der Waals surface area contributed by atoms with Gasteiger partial charge in [0.15, 0.2) is 5.76 Å². The van der Waals surface area contributed by atoms with Gasteiger partial charge >= 0.3 is 0 Å². The third kappa shape index (κ3) is 5.10. The molecule has 2 amide bonds. The number of aryl methyl sites for hydroxylation is 1. The SMILES string of the molecule is Cc1ccccc1CCN(C(=O)c1ccco1)[C@@H](C(=O)NC1CCCC1)c1ccccc1. The van der Waals surface area contributed by atoms with Gasteiger partial charge in [0.1, 0.15) is 6.04 Å². The standard InChI is InChI=1S/C27H30N2O3/c1-20-10-5-6-11-21(20)17-18-29(27(31)24-16-9-19-32-24)25(22-12-3-2-4-13-22)26(30)28-23-14-7-8-15-23/h2-6,9-13,16,19,23,25H,7-8,14-15,17-18H2,1H3,(H,28,30)/t25-/m1/s1. The normalized spacial score (nSPS) is 14.8. The molecule has 1 aromatic heterocycles. The smallest absolute Gasteiger partial charge is 0.290 e. The number of benzene rings is 2. The maximum Gasteiger partial charge on any atom is 0.290 e. The van der Waals surface area contributed by atoms with Gasteiger partial charge in [0.25, 0.3) is 5.91 Å². The second-order valence-electron chi connectivity index (χ2n) is 8.46. The zero-order valence-corrected chi connectivity index (χ0v) is 18.5. The number of furan rings is 1. The van der Waals surface area contributed by atoms with Crippen LogP contribution < -0.4 is 5.32 Å². The Bertz CT molecular complexity index is 1020. The Labute approximate surface area is 189 Å². The van der Waals surface area contributed by atoms with Gasteiger partial charge in [-0.3, -0.25) is 9.59 Å². The third-order valence-electron chi connectivity index (χ3n) is 6.25. The molecular formula is C27H30N2O3. The van der Waals surface area contributed by atoms with Gasteiger partial charge in [-0.05, 0) is 55.0 Å². The maximum atomic E-state index is 13.6. The van der Waals surface area contributed by atoms with E-state index >= 15 is 0 Å². The van der Waals surface area contributed by atoms with Gasteiger partial charge in [-0.1, -0.05) is 67.4 Å². The molecule has 1 N–H and O–H groups in total. The lowest BCUT2D eigenvalue weighted by Crippen LogP contribution is -2.46. The minimum Gasteiger partial charge on any atom is -0.459 e. The first kappa shape index (κ1) is 21.9. The summed E-state index contributed by atoms with van der Waals surface area (Å²) in [5.41, 5.74) is 3.13. The lowest BCUT2D eigenvalue weighted by atomic mass is 10.0. The Morgan fingerprint density at radius 1 is 1.00 bits per heavy atom. The van der Waals surface area contributed by atoms with E-state index in [1.54, 1.807) is 17.0 Å². The third-order valence-corrected chi connectivity index (χ3v) is 6.25. The van der Waals surface area contributed by atoms with E-state index < -0.39 is 6.04 Å². The van der Waals surface area contributed by atoms with E-state index in [-0.39, 0.29) is 23.6 Å². The maximum absolute atomic E-state index is 13.6. The van der Waals surface area contributed by atoms with Crippen LogP contribution in [0, 0.1) is 6.92 Å². The van der Waals surface area contributed by atoms with E-state index in [0.29, 0.717) is 13.0 Å². The summed E-state index contributed by atoms with van der Waals surface area (Å²) < 4.78 is 5.43. The van der Waals surface area contributed by atoms with Crippen LogP contribution in [0.3, 0.4) is 0 Å². The molecule has 0 spiro atoms. The van der Waals surface area contributed by atoms with Gasteiger partial charge in [-0.25, -0.2) is 0 Å². The highest BCUT2D eigenvalue weighted by Crippen LogP contribution is 2.26. The van der Waals surface area contributed by atoms with Gasteiger partial charge < -0.3 is 14.6 Å². The molecule has 3 aromatic rings. The topological polar surface area (TPSA) is 62.6 Å². The van der Waals surface area contributed by atoms with Crippen molar-refractivity contribution in [3.63, 3.8) is 0 Å². The molecule has 0 unspecified atom stereocenters. The molecule has 1 saturated carbocycles. The highest BCUT2D eigenvalue weighted by Gasteiger charge is 2.34. The van der Waals surface area contributed by atoms with E-state index in [4.69, 9.17) is 4.42 Å². The molecule has 32 heavy (non-hydrogen) atoms. The summed E-state index contributed by atoms with van der Waals surface area (Å²) in [5.74, 6) is -0.170. The van der Waals surface area contributed by atoms with Gasteiger partial charge in [0.05, 0.1) is 6.26 Å². The number of nitrogens with zero attached hydrogens (tertiary/aromatic N) is 1. The fraction of sp³-hybridized carbons (Fsp3) is 0.333. The Morgan fingerprint density at radius 2 is 1.72 bits per heavy atom. The molecule has 0 bridgehead atoms. The highest BCUT2D eigenvalue weighted by molar-refractivity contribution is 5.96. The van der Waals surface area contributed by atoms with E-state index in [0.717, 1.165) is 36.8 Å². The van der Waals surface area contributed by atoms with Gasteiger partial charge in [0, 0.05) is 12.6 Å². The predicted molar refractivity (Wildman–Crippen MR) is 124 cm³/mol. The molecule has 1 atom stereocenters. The summed E-state index contributed by atoms with van der Waals surface area (Å²) in [4.78, 5) is 28.7. The molecule has 0 saturated heterocycles. The summed E-state index contributed by atoms with van der Waals surface area (Å²) in [7, 11) is 0. The van der Waals surface area contributed by atoms with E-state index in [1.165, 1.54) is 11.8 Å². The average Bonchev–Trinajstić information content (AvgIpc) is 3.52. The quantitative estimate of drug-likeness (QED) is 0.542. The zero-order valence-electron chi connectivity index (χ0n) is 18.5. The lowest BCUT2D eigenvalue weighted by molar-refractivity contribution is -0.126. The largest absolute Gasteiger partial charge is 0.459 e. The summed E-state index contributed by atoms with van der Waals surface area (Å²) in [6.07, 6.45) is 6.37. The Morgan fingerprint density at radius 3 is 2.41 bits per heavy atom. The molecular weight excluding hydrogens is 400 g/mol. The molecule has 0 aliphatic heterocycles. The van der Waals surface area contributed by atoms with Gasteiger partial charge in [-0.2, -0.15) is 0 Å². The number of rotatable bonds is 8. The molecule has 1 heterocycles. The lowest BCUT2D eigenvalue weighted by Gasteiger charge is -2.32. The van der Waals surface area contributed by atoms with Crippen LogP contribution in [0.25, 0.3) is 0 Å². The molecule has 166 valence electrons. The first-order valence-corrected chi connectivity index (χ1v) is 11.4. The summed E-state index contributed by atoms with van der Waals surface area (Å²) in [6, 6.07) is 20.5. The minimum atomic E-state index is -0.724. The highest BCUT2D eigenvalue weighted by atomic mass is 16.3. The molecule has 1 fully saturated rings. The Kier molecular flexibility index (Phi) is 7.05. The number of hydrogen-bond donors (Lipinski definition) is 1. The van der Waals surface area contributed by atoms with Crippen molar-refractivity contribution in [3.05, 3.63) is 95.4 Å². The number of carbonyl (C=O) groups excluding carboxylic acids is 2. The summed E-state index contributed by atoms with van der Waals surface area (Å²) >= 11 is 0. The van der Waals surface area contributed by atoms with Crippen molar-refractivity contribution in [1.29, 1.82) is 0 Å².